The molecule has 0 aliphatic carbocycles. The number of anilines is 2. The van der Waals surface area contributed by atoms with Crippen LogP contribution in [0.4, 0.5) is 24.8 Å². The summed E-state index contributed by atoms with van der Waals surface area (Å²) in [5, 5.41) is 9.96. The lowest BCUT2D eigenvalue weighted by Gasteiger charge is -2.07. The first-order valence-electron chi connectivity index (χ1n) is 7.57. The number of carbonyl (C=O) groups is 1. The smallest absolute Gasteiger partial charge is 0.323 e. The van der Waals surface area contributed by atoms with Crippen LogP contribution in [0.25, 0.3) is 5.65 Å². The van der Waals surface area contributed by atoms with Crippen molar-refractivity contribution in [1.82, 2.24) is 25.6 Å². The van der Waals surface area contributed by atoms with E-state index in [-0.39, 0.29) is 12.5 Å². The topological polar surface area (TPSA) is 95.1 Å². The molecule has 26 heavy (non-hydrogen) atoms. The molecular formula is C16H14F3N6O. The molecule has 0 saturated heterocycles. The summed E-state index contributed by atoms with van der Waals surface area (Å²) in [6.07, 6.45) is -4.39. The van der Waals surface area contributed by atoms with Crippen molar-refractivity contribution in [3.8, 4) is 0 Å². The molecule has 3 aromatic rings. The van der Waals surface area contributed by atoms with Gasteiger partial charge >= 0.3 is 6.18 Å². The Hall–Kier alpha value is -3.14. The molecule has 3 N–H and O–H groups in total. The van der Waals surface area contributed by atoms with E-state index in [2.05, 4.69) is 20.7 Å². The Morgan fingerprint density at radius 2 is 1.88 bits per heavy atom. The Bertz CT molecular complexity index is 920. The molecule has 0 spiro atoms. The fraction of sp³-hybridized carbons (Fsp3) is 0.188. The maximum atomic E-state index is 12.6. The number of fused-ring (bicyclic) bond motifs is 1. The highest BCUT2D eigenvalue weighted by Gasteiger charge is 2.29. The number of carbonyl (C=O) groups excluding carboxylic acids is 1. The number of halogens is 3. The predicted molar refractivity (Wildman–Crippen MR) is 87.5 cm³/mol. The summed E-state index contributed by atoms with van der Waals surface area (Å²) in [6.45, 7) is 0.229. The van der Waals surface area contributed by atoms with Crippen molar-refractivity contribution < 1.29 is 18.0 Å². The zero-order valence-electron chi connectivity index (χ0n) is 13.3. The Kier molecular flexibility index (Phi) is 4.76. The molecule has 2 heterocycles. The molecule has 0 aliphatic heterocycles. The maximum absolute atomic E-state index is 12.6. The van der Waals surface area contributed by atoms with Crippen LogP contribution in [0, 0.1) is 0 Å². The molecule has 3 rings (SSSR count). The van der Waals surface area contributed by atoms with Crippen LogP contribution in [0.1, 0.15) is 11.3 Å². The summed E-state index contributed by atoms with van der Waals surface area (Å²) in [5.41, 5.74) is 7.82. The second-order valence-corrected chi connectivity index (χ2v) is 5.45. The maximum Gasteiger partial charge on any atom is 0.416 e. The molecule has 2 aromatic heterocycles. The fourth-order valence-electron chi connectivity index (χ4n) is 2.32. The average Bonchev–Trinajstić information content (AvgIpc) is 2.97. The first kappa shape index (κ1) is 17.7. The summed E-state index contributed by atoms with van der Waals surface area (Å²) in [7, 11) is 0. The summed E-state index contributed by atoms with van der Waals surface area (Å²) in [5.74, 6) is -0.491. The van der Waals surface area contributed by atoms with Crippen LogP contribution in [-0.2, 0) is 17.5 Å². The minimum absolute atomic E-state index is 0.0816. The summed E-state index contributed by atoms with van der Waals surface area (Å²) in [4.78, 5) is 14.9. The van der Waals surface area contributed by atoms with E-state index in [0.29, 0.717) is 17.9 Å². The first-order chi connectivity index (χ1) is 12.3. The van der Waals surface area contributed by atoms with Gasteiger partial charge in [0.05, 0.1) is 17.8 Å². The van der Waals surface area contributed by atoms with E-state index < -0.39 is 17.6 Å². The lowest BCUT2D eigenvalue weighted by molar-refractivity contribution is -0.137. The molecule has 7 nitrogen and oxygen atoms in total. The molecule has 0 saturated carbocycles. The minimum atomic E-state index is -4.39. The number of benzene rings is 1. The van der Waals surface area contributed by atoms with Crippen molar-refractivity contribution in [3.63, 3.8) is 0 Å². The largest absolute Gasteiger partial charge is 0.416 e. The second kappa shape index (κ2) is 7.00. The van der Waals surface area contributed by atoms with E-state index in [1.54, 1.807) is 22.7 Å². The van der Waals surface area contributed by atoms with Gasteiger partial charge in [-0.1, -0.05) is 6.07 Å². The van der Waals surface area contributed by atoms with E-state index in [0.717, 1.165) is 17.8 Å². The Balaban J connectivity index is 1.77. The van der Waals surface area contributed by atoms with Crippen LogP contribution in [0.3, 0.4) is 0 Å². The van der Waals surface area contributed by atoms with Gasteiger partial charge in [0.2, 0.25) is 5.95 Å². The van der Waals surface area contributed by atoms with Crippen LogP contribution < -0.4 is 16.4 Å². The molecule has 1 amide bonds. The highest BCUT2D eigenvalue weighted by Crippen LogP contribution is 2.30. The van der Waals surface area contributed by atoms with Crippen molar-refractivity contribution in [3.05, 3.63) is 53.7 Å². The second-order valence-electron chi connectivity index (χ2n) is 5.45. The monoisotopic (exact) mass is 363 g/mol. The van der Waals surface area contributed by atoms with Crippen molar-refractivity contribution in [2.75, 3.05) is 11.9 Å². The van der Waals surface area contributed by atoms with Crippen LogP contribution in [0.15, 0.2) is 42.5 Å². The molecule has 0 unspecified atom stereocenters. The number of nitrogens with zero attached hydrogens (tertiary/aromatic N) is 3. The third-order valence-corrected chi connectivity index (χ3v) is 3.50. The van der Waals surface area contributed by atoms with Gasteiger partial charge in [-0.05, 0) is 36.4 Å². The molecule has 0 bridgehead atoms. The van der Waals surface area contributed by atoms with Crippen LogP contribution in [-0.4, -0.2) is 27.0 Å². The van der Waals surface area contributed by atoms with Crippen molar-refractivity contribution in [2.24, 2.45) is 0 Å². The zero-order valence-corrected chi connectivity index (χ0v) is 13.3. The fourth-order valence-corrected chi connectivity index (χ4v) is 2.32. The van der Waals surface area contributed by atoms with Crippen molar-refractivity contribution in [2.45, 2.75) is 12.7 Å². The molecule has 1 radical (unpaired) electrons. The summed E-state index contributed by atoms with van der Waals surface area (Å²) in [6, 6.07) is 9.84. The Labute approximate surface area is 146 Å². The molecule has 1 aromatic carbocycles. The van der Waals surface area contributed by atoms with E-state index in [9.17, 15) is 18.0 Å². The number of pyridine rings is 1. The van der Waals surface area contributed by atoms with Gasteiger partial charge in [-0.25, -0.2) is 4.52 Å². The highest BCUT2D eigenvalue weighted by molar-refractivity contribution is 5.75. The summed E-state index contributed by atoms with van der Waals surface area (Å²) >= 11 is 0. The quantitative estimate of drug-likeness (QED) is 0.701. The number of hydrogen-bond donors (Lipinski definition) is 2. The standard InChI is InChI=1S/C16H14F3N6O/c17-16(18,19)10-4-6-11(7-5-10)22-15-23-14-3-1-2-12(25(14)24-15)8-21-9-13(20)26/h1-7,20-21H,8-9H2,(H,22,24). The van der Waals surface area contributed by atoms with Gasteiger partial charge in [-0.2, -0.15) is 18.2 Å². The van der Waals surface area contributed by atoms with E-state index in [4.69, 9.17) is 5.73 Å². The minimum Gasteiger partial charge on any atom is -0.323 e. The van der Waals surface area contributed by atoms with E-state index in [1.807, 2.05) is 0 Å². The third-order valence-electron chi connectivity index (χ3n) is 3.50. The first-order valence-corrected chi connectivity index (χ1v) is 7.57. The number of hydrogen-bond acceptors (Lipinski definition) is 5. The number of amides is 1. The van der Waals surface area contributed by atoms with Gasteiger partial charge in [-0.3, -0.25) is 10.5 Å². The third kappa shape index (κ3) is 4.09. The van der Waals surface area contributed by atoms with Crippen molar-refractivity contribution >= 4 is 23.2 Å². The van der Waals surface area contributed by atoms with E-state index in [1.165, 1.54) is 12.1 Å². The van der Waals surface area contributed by atoms with E-state index >= 15 is 0 Å². The lowest BCUT2D eigenvalue weighted by atomic mass is 10.2. The van der Waals surface area contributed by atoms with Crippen LogP contribution >= 0.6 is 0 Å². The Morgan fingerprint density at radius 1 is 1.15 bits per heavy atom. The molecule has 10 heteroatoms. The van der Waals surface area contributed by atoms with Crippen LogP contribution in [0.5, 0.6) is 0 Å². The lowest BCUT2D eigenvalue weighted by Crippen LogP contribution is -2.24. The van der Waals surface area contributed by atoms with Gasteiger partial charge in [0.25, 0.3) is 5.91 Å². The number of aromatic nitrogens is 3. The Morgan fingerprint density at radius 3 is 2.54 bits per heavy atom. The molecular weight excluding hydrogens is 349 g/mol. The van der Waals surface area contributed by atoms with Gasteiger partial charge in [0.1, 0.15) is 0 Å². The van der Waals surface area contributed by atoms with Gasteiger partial charge < -0.3 is 10.6 Å². The number of rotatable bonds is 6. The number of nitrogens with one attached hydrogen (secondary N) is 3. The average molecular weight is 363 g/mol. The predicted octanol–water partition coefficient (Wildman–Crippen LogP) is 2.39. The molecule has 0 aliphatic rings. The summed E-state index contributed by atoms with van der Waals surface area (Å²) < 4.78 is 39.3. The van der Waals surface area contributed by atoms with Gasteiger partial charge in [0.15, 0.2) is 5.65 Å². The highest BCUT2D eigenvalue weighted by atomic mass is 19.4. The van der Waals surface area contributed by atoms with Gasteiger partial charge in [0, 0.05) is 12.2 Å². The normalized spacial score (nSPS) is 11.7. The van der Waals surface area contributed by atoms with Crippen LogP contribution in [0.2, 0.25) is 0 Å². The zero-order chi connectivity index (χ0) is 18.7. The van der Waals surface area contributed by atoms with Crippen molar-refractivity contribution in [1.29, 1.82) is 0 Å². The molecule has 135 valence electrons. The number of alkyl halides is 3. The molecule has 0 atom stereocenters. The SMILES string of the molecule is [NH]C(=O)CNCc1cccc2nc(Nc3ccc(C(F)(F)F)cc3)nn12. The molecule has 0 fully saturated rings. The van der Waals surface area contributed by atoms with Gasteiger partial charge in [-0.15, -0.1) is 5.10 Å².